The maximum atomic E-state index is 13.2. The lowest BCUT2D eigenvalue weighted by atomic mass is 10.3. The Hall–Kier alpha value is -1.05. The summed E-state index contributed by atoms with van der Waals surface area (Å²) in [7, 11) is -3.73. The monoisotopic (exact) mass is 305 g/mol. The fourth-order valence-corrected chi connectivity index (χ4v) is 3.89. The number of nitrogens with zero attached hydrogens (tertiary/aromatic N) is 1. The molecule has 4 nitrogen and oxygen atoms in total. The largest absolute Gasteiger partial charge is 0.333 e. The van der Waals surface area contributed by atoms with Crippen molar-refractivity contribution in [3.63, 3.8) is 0 Å². The van der Waals surface area contributed by atoms with Crippen LogP contribution in [0, 0.1) is 11.6 Å². The Bertz CT molecular complexity index is 570. The number of rotatable bonds is 4. The molecular formula is C13H19F2N2O2S+. The summed E-state index contributed by atoms with van der Waals surface area (Å²) in [5.74, 6) is -2.18. The minimum atomic E-state index is -3.73. The summed E-state index contributed by atoms with van der Waals surface area (Å²) in [6.07, 6.45) is 1.06. The van der Waals surface area contributed by atoms with Gasteiger partial charge in [0, 0.05) is 0 Å². The van der Waals surface area contributed by atoms with E-state index in [0.29, 0.717) is 13.1 Å². The van der Waals surface area contributed by atoms with Crippen molar-refractivity contribution in [1.82, 2.24) is 4.31 Å². The zero-order valence-electron chi connectivity index (χ0n) is 11.4. The van der Waals surface area contributed by atoms with Gasteiger partial charge in [0.2, 0.25) is 10.0 Å². The lowest BCUT2D eigenvalue weighted by molar-refractivity contribution is -0.903. The third kappa shape index (κ3) is 3.16. The van der Waals surface area contributed by atoms with E-state index in [9.17, 15) is 17.2 Å². The predicted octanol–water partition coefficient (Wildman–Crippen LogP) is 0.264. The SMILES string of the molecule is CCC[NH+]1CCN(S(=O)(=O)c2ccc(F)c(F)c2)CC1. The molecular weight excluding hydrogens is 286 g/mol. The van der Waals surface area contributed by atoms with Gasteiger partial charge in [-0.05, 0) is 24.6 Å². The van der Waals surface area contributed by atoms with Crippen molar-refractivity contribution in [1.29, 1.82) is 0 Å². The third-order valence-corrected chi connectivity index (χ3v) is 5.46. The molecule has 7 heteroatoms. The van der Waals surface area contributed by atoms with Crippen LogP contribution in [0.25, 0.3) is 0 Å². The zero-order valence-corrected chi connectivity index (χ0v) is 12.2. The summed E-state index contributed by atoms with van der Waals surface area (Å²) in [6.45, 7) is 5.44. The van der Waals surface area contributed by atoms with Gasteiger partial charge in [0.05, 0.1) is 37.6 Å². The Morgan fingerprint density at radius 2 is 1.85 bits per heavy atom. The van der Waals surface area contributed by atoms with E-state index >= 15 is 0 Å². The quantitative estimate of drug-likeness (QED) is 0.867. The normalized spacial score (nSPS) is 18.4. The average Bonchev–Trinajstić information content (AvgIpc) is 2.43. The minimum Gasteiger partial charge on any atom is -0.333 e. The van der Waals surface area contributed by atoms with E-state index < -0.39 is 21.7 Å². The molecule has 1 aliphatic rings. The fourth-order valence-electron chi connectivity index (χ4n) is 2.43. The van der Waals surface area contributed by atoms with Crippen molar-refractivity contribution < 1.29 is 22.1 Å². The number of nitrogens with one attached hydrogen (secondary N) is 1. The Labute approximate surface area is 118 Å². The summed E-state index contributed by atoms with van der Waals surface area (Å²) in [4.78, 5) is 1.19. The number of benzene rings is 1. The highest BCUT2D eigenvalue weighted by Gasteiger charge is 2.30. The number of sulfonamides is 1. The molecule has 0 bridgehead atoms. The molecule has 0 aliphatic carbocycles. The van der Waals surface area contributed by atoms with E-state index in [1.54, 1.807) is 0 Å². The maximum absolute atomic E-state index is 13.2. The molecule has 20 heavy (non-hydrogen) atoms. The van der Waals surface area contributed by atoms with Gasteiger partial charge in [-0.3, -0.25) is 0 Å². The second-order valence-electron chi connectivity index (χ2n) is 4.98. The lowest BCUT2D eigenvalue weighted by Gasteiger charge is -2.31. The Balaban J connectivity index is 2.13. The molecule has 0 aromatic heterocycles. The molecule has 1 N–H and O–H groups in total. The Morgan fingerprint density at radius 1 is 1.20 bits per heavy atom. The molecule has 0 atom stereocenters. The summed E-state index contributed by atoms with van der Waals surface area (Å²) < 4.78 is 52.1. The molecule has 2 rings (SSSR count). The van der Waals surface area contributed by atoms with Crippen molar-refractivity contribution >= 4 is 10.0 Å². The topological polar surface area (TPSA) is 41.8 Å². The summed E-state index contributed by atoms with van der Waals surface area (Å²) >= 11 is 0. The average molecular weight is 305 g/mol. The summed E-state index contributed by atoms with van der Waals surface area (Å²) in [5.41, 5.74) is 0. The van der Waals surface area contributed by atoms with Crippen LogP contribution in [0.1, 0.15) is 13.3 Å². The van der Waals surface area contributed by atoms with E-state index in [2.05, 4.69) is 6.92 Å². The molecule has 1 heterocycles. The van der Waals surface area contributed by atoms with Crippen LogP contribution in [0.15, 0.2) is 23.1 Å². The van der Waals surface area contributed by atoms with Crippen molar-refractivity contribution in [2.75, 3.05) is 32.7 Å². The van der Waals surface area contributed by atoms with Gasteiger partial charge < -0.3 is 4.90 Å². The molecule has 0 spiro atoms. The van der Waals surface area contributed by atoms with Crippen LogP contribution in [-0.2, 0) is 10.0 Å². The zero-order chi connectivity index (χ0) is 14.8. The second-order valence-corrected chi connectivity index (χ2v) is 6.92. The molecule has 112 valence electrons. The lowest BCUT2D eigenvalue weighted by Crippen LogP contribution is -3.14. The standard InChI is InChI=1S/C13H18F2N2O2S/c1-2-5-16-6-8-17(9-7-16)20(18,19)11-3-4-12(14)13(15)10-11/h3-4,10H,2,5-9H2,1H3/p+1. The third-order valence-electron chi connectivity index (χ3n) is 3.56. The van der Waals surface area contributed by atoms with Crippen LogP contribution in [0.4, 0.5) is 8.78 Å². The number of hydrogen-bond acceptors (Lipinski definition) is 2. The second kappa shape index (κ2) is 6.15. The molecule has 1 aromatic carbocycles. The first-order valence-electron chi connectivity index (χ1n) is 6.74. The van der Waals surface area contributed by atoms with Crippen molar-refractivity contribution in [3.8, 4) is 0 Å². The van der Waals surface area contributed by atoms with E-state index in [1.807, 2.05) is 0 Å². The number of hydrogen-bond donors (Lipinski definition) is 1. The van der Waals surface area contributed by atoms with E-state index in [4.69, 9.17) is 0 Å². The van der Waals surface area contributed by atoms with Crippen LogP contribution in [0.3, 0.4) is 0 Å². The van der Waals surface area contributed by atoms with Crippen LogP contribution in [0.5, 0.6) is 0 Å². The van der Waals surface area contributed by atoms with Gasteiger partial charge in [-0.15, -0.1) is 0 Å². The first kappa shape index (κ1) is 15.3. The van der Waals surface area contributed by atoms with Crippen molar-refractivity contribution in [3.05, 3.63) is 29.8 Å². The van der Waals surface area contributed by atoms with Crippen LogP contribution < -0.4 is 4.90 Å². The van der Waals surface area contributed by atoms with Gasteiger partial charge in [0.25, 0.3) is 0 Å². The first-order chi connectivity index (χ1) is 9.45. The van der Waals surface area contributed by atoms with Crippen LogP contribution in [-0.4, -0.2) is 45.4 Å². The van der Waals surface area contributed by atoms with Crippen molar-refractivity contribution in [2.45, 2.75) is 18.2 Å². The molecule has 0 saturated carbocycles. The number of halogens is 2. The van der Waals surface area contributed by atoms with Crippen LogP contribution in [0.2, 0.25) is 0 Å². The van der Waals surface area contributed by atoms with Gasteiger partial charge in [-0.1, -0.05) is 6.92 Å². The highest BCUT2D eigenvalue weighted by molar-refractivity contribution is 7.89. The van der Waals surface area contributed by atoms with E-state index in [-0.39, 0.29) is 4.90 Å². The molecule has 1 saturated heterocycles. The smallest absolute Gasteiger partial charge is 0.243 e. The maximum Gasteiger partial charge on any atom is 0.243 e. The molecule has 1 aliphatic heterocycles. The van der Waals surface area contributed by atoms with Gasteiger partial charge in [0.15, 0.2) is 11.6 Å². The molecule has 0 radical (unpaired) electrons. The Kier molecular flexibility index (Phi) is 4.72. The van der Waals surface area contributed by atoms with E-state index in [1.165, 1.54) is 9.21 Å². The van der Waals surface area contributed by atoms with Gasteiger partial charge in [-0.25, -0.2) is 17.2 Å². The minimum absolute atomic E-state index is 0.185. The highest BCUT2D eigenvalue weighted by atomic mass is 32.2. The summed E-state index contributed by atoms with van der Waals surface area (Å²) in [5, 5.41) is 0. The van der Waals surface area contributed by atoms with Gasteiger partial charge in [0.1, 0.15) is 0 Å². The van der Waals surface area contributed by atoms with Gasteiger partial charge in [-0.2, -0.15) is 4.31 Å². The number of quaternary nitrogens is 1. The molecule has 0 unspecified atom stereocenters. The Morgan fingerprint density at radius 3 is 2.40 bits per heavy atom. The fraction of sp³-hybridized carbons (Fsp3) is 0.538. The van der Waals surface area contributed by atoms with Gasteiger partial charge >= 0.3 is 0 Å². The molecule has 0 amide bonds. The molecule has 1 fully saturated rings. The number of piperazine rings is 1. The highest BCUT2D eigenvalue weighted by Crippen LogP contribution is 2.18. The van der Waals surface area contributed by atoms with Crippen LogP contribution >= 0.6 is 0 Å². The first-order valence-corrected chi connectivity index (χ1v) is 8.18. The van der Waals surface area contributed by atoms with Crippen molar-refractivity contribution in [2.24, 2.45) is 0 Å². The van der Waals surface area contributed by atoms with E-state index in [0.717, 1.165) is 44.3 Å². The molecule has 1 aromatic rings. The summed E-state index contributed by atoms with van der Waals surface area (Å²) in [6, 6.07) is 2.70. The predicted molar refractivity (Wildman–Crippen MR) is 71.0 cm³/mol.